The fraction of sp³-hybridized carbons (Fsp3) is 0.455. The Morgan fingerprint density at radius 3 is 3.13 bits per heavy atom. The second-order valence-electron chi connectivity index (χ2n) is 3.88. The summed E-state index contributed by atoms with van der Waals surface area (Å²) in [6.07, 6.45) is 4.76. The number of carbonyl (C=O) groups is 1. The monoisotopic (exact) mass is 224 g/mol. The summed E-state index contributed by atoms with van der Waals surface area (Å²) in [6.45, 7) is 2.77. The van der Waals surface area contributed by atoms with Crippen LogP contribution in [0.1, 0.15) is 30.0 Å². The van der Waals surface area contributed by atoms with Gasteiger partial charge in [0.25, 0.3) is 0 Å². The third-order valence-electron chi connectivity index (χ3n) is 2.85. The van der Waals surface area contributed by atoms with Gasteiger partial charge in [0.15, 0.2) is 0 Å². The molecule has 2 rings (SSSR count). The fourth-order valence-electron chi connectivity index (χ4n) is 2.04. The van der Waals surface area contributed by atoms with Crippen LogP contribution in [0.4, 0.5) is 0 Å². The average molecular weight is 225 g/mol. The molecule has 0 spiro atoms. The zero-order valence-corrected chi connectivity index (χ0v) is 9.37. The SMILES string of the molecule is Cc1cc([C@H]2CCCN2C=O)cnc1Cl. The lowest BCUT2D eigenvalue weighted by molar-refractivity contribution is -0.118. The van der Waals surface area contributed by atoms with Gasteiger partial charge in [-0.2, -0.15) is 0 Å². The zero-order valence-electron chi connectivity index (χ0n) is 8.61. The van der Waals surface area contributed by atoms with Crippen molar-refractivity contribution < 1.29 is 4.79 Å². The van der Waals surface area contributed by atoms with Gasteiger partial charge in [0.05, 0.1) is 6.04 Å². The molecule has 4 heteroatoms. The first-order valence-electron chi connectivity index (χ1n) is 5.05. The molecule has 1 fully saturated rings. The average Bonchev–Trinajstić information content (AvgIpc) is 2.70. The van der Waals surface area contributed by atoms with Gasteiger partial charge in [-0.05, 0) is 37.0 Å². The Morgan fingerprint density at radius 1 is 1.67 bits per heavy atom. The molecule has 1 atom stereocenters. The van der Waals surface area contributed by atoms with Gasteiger partial charge in [-0.25, -0.2) is 4.98 Å². The molecular formula is C11H13ClN2O. The van der Waals surface area contributed by atoms with Gasteiger partial charge in [-0.1, -0.05) is 11.6 Å². The van der Waals surface area contributed by atoms with Gasteiger partial charge in [-0.15, -0.1) is 0 Å². The summed E-state index contributed by atoms with van der Waals surface area (Å²) in [6, 6.07) is 2.20. The Labute approximate surface area is 94.1 Å². The van der Waals surface area contributed by atoms with Crippen LogP contribution < -0.4 is 0 Å². The molecule has 0 radical (unpaired) electrons. The van der Waals surface area contributed by atoms with Crippen molar-refractivity contribution in [1.29, 1.82) is 0 Å². The number of hydrogen-bond acceptors (Lipinski definition) is 2. The van der Waals surface area contributed by atoms with Crippen molar-refractivity contribution in [2.45, 2.75) is 25.8 Å². The highest BCUT2D eigenvalue weighted by Gasteiger charge is 2.24. The molecule has 0 saturated carbocycles. The summed E-state index contributed by atoms with van der Waals surface area (Å²) in [5.74, 6) is 0. The van der Waals surface area contributed by atoms with Crippen LogP contribution in [0.15, 0.2) is 12.3 Å². The highest BCUT2D eigenvalue weighted by atomic mass is 35.5. The first-order valence-corrected chi connectivity index (χ1v) is 5.43. The summed E-state index contributed by atoms with van der Waals surface area (Å²) in [5, 5.41) is 0.536. The van der Waals surface area contributed by atoms with E-state index in [0.717, 1.165) is 36.9 Å². The lowest BCUT2D eigenvalue weighted by Crippen LogP contribution is -2.21. The number of aryl methyl sites for hydroxylation is 1. The van der Waals surface area contributed by atoms with E-state index in [1.54, 1.807) is 6.20 Å². The highest BCUT2D eigenvalue weighted by molar-refractivity contribution is 6.30. The van der Waals surface area contributed by atoms with Crippen LogP contribution in [0.3, 0.4) is 0 Å². The number of halogens is 1. The van der Waals surface area contributed by atoms with Crippen LogP contribution in [-0.4, -0.2) is 22.8 Å². The maximum absolute atomic E-state index is 10.8. The minimum Gasteiger partial charge on any atom is -0.338 e. The summed E-state index contributed by atoms with van der Waals surface area (Å²) < 4.78 is 0. The topological polar surface area (TPSA) is 33.2 Å². The Hall–Kier alpha value is -1.09. The molecule has 1 aromatic rings. The number of likely N-dealkylation sites (tertiary alicyclic amines) is 1. The van der Waals surface area contributed by atoms with Crippen molar-refractivity contribution in [3.63, 3.8) is 0 Å². The Balaban J connectivity index is 2.28. The van der Waals surface area contributed by atoms with Crippen LogP contribution in [-0.2, 0) is 4.79 Å². The van der Waals surface area contributed by atoms with Crippen molar-refractivity contribution in [2.24, 2.45) is 0 Å². The molecule has 15 heavy (non-hydrogen) atoms. The van der Waals surface area contributed by atoms with Crippen LogP contribution in [0.25, 0.3) is 0 Å². The molecule has 1 amide bonds. The molecule has 1 aliphatic rings. The minimum atomic E-state index is 0.186. The van der Waals surface area contributed by atoms with Crippen LogP contribution in [0.5, 0.6) is 0 Å². The van der Waals surface area contributed by atoms with Gasteiger partial charge in [-0.3, -0.25) is 4.79 Å². The number of carbonyl (C=O) groups excluding carboxylic acids is 1. The number of aromatic nitrogens is 1. The van der Waals surface area contributed by atoms with Crippen molar-refractivity contribution >= 4 is 18.0 Å². The first kappa shape index (κ1) is 10.4. The van der Waals surface area contributed by atoms with Crippen molar-refractivity contribution in [3.05, 3.63) is 28.5 Å². The van der Waals surface area contributed by atoms with Gasteiger partial charge < -0.3 is 4.90 Å². The number of nitrogens with zero attached hydrogens (tertiary/aromatic N) is 2. The largest absolute Gasteiger partial charge is 0.338 e. The van der Waals surface area contributed by atoms with E-state index >= 15 is 0 Å². The Bertz CT molecular complexity index is 381. The molecule has 1 saturated heterocycles. The lowest BCUT2D eigenvalue weighted by atomic mass is 10.1. The molecule has 0 aliphatic carbocycles. The van der Waals surface area contributed by atoms with E-state index in [-0.39, 0.29) is 6.04 Å². The van der Waals surface area contributed by atoms with Gasteiger partial charge in [0.1, 0.15) is 5.15 Å². The number of amides is 1. The van der Waals surface area contributed by atoms with Crippen molar-refractivity contribution in [2.75, 3.05) is 6.54 Å². The predicted octanol–water partition coefficient (Wildman–Crippen LogP) is 2.34. The lowest BCUT2D eigenvalue weighted by Gasteiger charge is -2.20. The molecule has 80 valence electrons. The molecule has 0 N–H and O–H groups in total. The molecule has 0 unspecified atom stereocenters. The number of hydrogen-bond donors (Lipinski definition) is 0. The fourth-order valence-corrected chi connectivity index (χ4v) is 2.14. The predicted molar refractivity (Wildman–Crippen MR) is 58.7 cm³/mol. The summed E-state index contributed by atoms with van der Waals surface area (Å²) >= 11 is 5.86. The summed E-state index contributed by atoms with van der Waals surface area (Å²) in [7, 11) is 0. The van der Waals surface area contributed by atoms with E-state index in [9.17, 15) is 4.79 Å². The van der Waals surface area contributed by atoms with Crippen LogP contribution >= 0.6 is 11.6 Å². The van der Waals surface area contributed by atoms with Gasteiger partial charge >= 0.3 is 0 Å². The molecule has 3 nitrogen and oxygen atoms in total. The minimum absolute atomic E-state index is 0.186. The highest BCUT2D eigenvalue weighted by Crippen LogP contribution is 2.31. The normalized spacial score (nSPS) is 20.7. The third-order valence-corrected chi connectivity index (χ3v) is 3.25. The van der Waals surface area contributed by atoms with E-state index < -0.39 is 0 Å². The third kappa shape index (κ3) is 1.97. The second-order valence-corrected chi connectivity index (χ2v) is 4.24. The maximum Gasteiger partial charge on any atom is 0.210 e. The van der Waals surface area contributed by atoms with E-state index in [0.29, 0.717) is 5.15 Å². The second kappa shape index (κ2) is 4.19. The van der Waals surface area contributed by atoms with Gasteiger partial charge in [0.2, 0.25) is 6.41 Å². The van der Waals surface area contributed by atoms with E-state index in [1.165, 1.54) is 0 Å². The Kier molecular flexibility index (Phi) is 2.91. The van der Waals surface area contributed by atoms with E-state index in [4.69, 9.17) is 11.6 Å². The summed E-state index contributed by atoms with van der Waals surface area (Å²) in [5.41, 5.74) is 2.05. The maximum atomic E-state index is 10.8. The Morgan fingerprint density at radius 2 is 2.47 bits per heavy atom. The molecule has 0 bridgehead atoms. The van der Waals surface area contributed by atoms with E-state index in [1.807, 2.05) is 17.9 Å². The quantitative estimate of drug-likeness (QED) is 0.571. The van der Waals surface area contributed by atoms with Crippen molar-refractivity contribution in [3.8, 4) is 0 Å². The molecule has 0 aromatic carbocycles. The van der Waals surface area contributed by atoms with E-state index in [2.05, 4.69) is 4.98 Å². The zero-order chi connectivity index (χ0) is 10.8. The standard InChI is InChI=1S/C11H13ClN2O/c1-8-5-9(6-13-11(8)12)10-3-2-4-14(10)7-15/h5-7,10H,2-4H2,1H3/t10-/m1/s1. The number of rotatable bonds is 2. The first-order chi connectivity index (χ1) is 7.22. The van der Waals surface area contributed by atoms with Crippen molar-refractivity contribution in [1.82, 2.24) is 9.88 Å². The smallest absolute Gasteiger partial charge is 0.210 e. The molecule has 1 aromatic heterocycles. The van der Waals surface area contributed by atoms with Gasteiger partial charge in [0, 0.05) is 12.7 Å². The summed E-state index contributed by atoms with van der Waals surface area (Å²) in [4.78, 5) is 16.8. The van der Waals surface area contributed by atoms with Crippen LogP contribution in [0.2, 0.25) is 5.15 Å². The molecule has 1 aliphatic heterocycles. The number of pyridine rings is 1. The molecule has 2 heterocycles. The molecular weight excluding hydrogens is 212 g/mol. The van der Waals surface area contributed by atoms with Crippen LogP contribution in [0, 0.1) is 6.92 Å².